The van der Waals surface area contributed by atoms with Crippen molar-refractivity contribution in [3.05, 3.63) is 53.9 Å². The highest BCUT2D eigenvalue weighted by molar-refractivity contribution is 5.08. The number of nitrogens with zero attached hydrogens (tertiary/aromatic N) is 4. The normalized spacial score (nSPS) is 19.8. The van der Waals surface area contributed by atoms with Crippen LogP contribution in [0.2, 0.25) is 0 Å². The number of pyridine rings is 1. The summed E-state index contributed by atoms with van der Waals surface area (Å²) >= 11 is 0. The molecule has 5 heteroatoms. The SMILES string of the molecule is Cc1cc(C[C@H]2COCCN(Cc3ccccn3)C2)ncn1. The molecular formula is C17H22N4O. The lowest BCUT2D eigenvalue weighted by molar-refractivity contribution is 0.121. The van der Waals surface area contributed by atoms with E-state index in [2.05, 4.69) is 32.0 Å². The van der Waals surface area contributed by atoms with Crippen molar-refractivity contribution in [1.29, 1.82) is 0 Å². The Labute approximate surface area is 131 Å². The van der Waals surface area contributed by atoms with Crippen LogP contribution in [0.4, 0.5) is 0 Å². The van der Waals surface area contributed by atoms with E-state index in [1.807, 2.05) is 25.3 Å². The summed E-state index contributed by atoms with van der Waals surface area (Å²) < 4.78 is 5.77. The summed E-state index contributed by atoms with van der Waals surface area (Å²) in [7, 11) is 0. The lowest BCUT2D eigenvalue weighted by Gasteiger charge is -2.22. The largest absolute Gasteiger partial charge is 0.380 e. The van der Waals surface area contributed by atoms with Crippen molar-refractivity contribution in [3.8, 4) is 0 Å². The molecule has 0 N–H and O–H groups in total. The first kappa shape index (κ1) is 15.1. The van der Waals surface area contributed by atoms with Gasteiger partial charge in [0.15, 0.2) is 0 Å². The van der Waals surface area contributed by atoms with E-state index in [0.717, 1.165) is 56.4 Å². The van der Waals surface area contributed by atoms with Crippen LogP contribution in [-0.4, -0.2) is 46.2 Å². The third kappa shape index (κ3) is 4.32. The highest BCUT2D eigenvalue weighted by Crippen LogP contribution is 2.14. The van der Waals surface area contributed by atoms with Gasteiger partial charge in [0.1, 0.15) is 6.33 Å². The zero-order valence-electron chi connectivity index (χ0n) is 13.0. The van der Waals surface area contributed by atoms with Gasteiger partial charge in [0, 0.05) is 43.1 Å². The second-order valence-electron chi connectivity index (χ2n) is 5.85. The van der Waals surface area contributed by atoms with Gasteiger partial charge in [-0.2, -0.15) is 0 Å². The van der Waals surface area contributed by atoms with Crippen LogP contribution in [-0.2, 0) is 17.7 Å². The van der Waals surface area contributed by atoms with Gasteiger partial charge in [-0.15, -0.1) is 0 Å². The monoisotopic (exact) mass is 298 g/mol. The zero-order valence-corrected chi connectivity index (χ0v) is 13.0. The summed E-state index contributed by atoms with van der Waals surface area (Å²) in [6, 6.07) is 8.13. The predicted octanol–water partition coefficient (Wildman–Crippen LogP) is 1.87. The molecule has 5 nitrogen and oxygen atoms in total. The standard InChI is InChI=1S/C17H22N4O/c1-14-8-17(20-13-19-14)9-15-10-21(6-7-22-12-15)11-16-4-2-3-5-18-16/h2-5,8,13,15H,6-7,9-12H2,1H3/t15-/m1/s1. The van der Waals surface area contributed by atoms with E-state index in [1.54, 1.807) is 6.33 Å². The highest BCUT2D eigenvalue weighted by Gasteiger charge is 2.20. The van der Waals surface area contributed by atoms with Gasteiger partial charge >= 0.3 is 0 Å². The van der Waals surface area contributed by atoms with E-state index in [4.69, 9.17) is 4.74 Å². The second-order valence-corrected chi connectivity index (χ2v) is 5.85. The molecule has 116 valence electrons. The first-order valence-corrected chi connectivity index (χ1v) is 7.77. The first-order chi connectivity index (χ1) is 10.8. The fraction of sp³-hybridized carbons (Fsp3) is 0.471. The Bertz CT molecular complexity index is 590. The predicted molar refractivity (Wildman–Crippen MR) is 84.3 cm³/mol. The maximum atomic E-state index is 5.77. The Morgan fingerprint density at radius 2 is 2.18 bits per heavy atom. The molecule has 2 aromatic rings. The van der Waals surface area contributed by atoms with E-state index >= 15 is 0 Å². The lowest BCUT2D eigenvalue weighted by Crippen LogP contribution is -2.31. The van der Waals surface area contributed by atoms with Crippen molar-refractivity contribution in [3.63, 3.8) is 0 Å². The molecule has 0 aliphatic carbocycles. The summed E-state index contributed by atoms with van der Waals surface area (Å²) in [5, 5.41) is 0. The molecule has 1 aliphatic rings. The molecule has 0 radical (unpaired) electrons. The van der Waals surface area contributed by atoms with Crippen molar-refractivity contribution in [2.75, 3.05) is 26.3 Å². The van der Waals surface area contributed by atoms with Crippen molar-refractivity contribution in [2.24, 2.45) is 5.92 Å². The molecule has 2 aromatic heterocycles. The summed E-state index contributed by atoms with van der Waals surface area (Å²) in [6.45, 7) is 6.43. The van der Waals surface area contributed by atoms with E-state index in [9.17, 15) is 0 Å². The van der Waals surface area contributed by atoms with Gasteiger partial charge in [-0.1, -0.05) is 6.07 Å². The van der Waals surface area contributed by atoms with E-state index in [0.29, 0.717) is 5.92 Å². The quantitative estimate of drug-likeness (QED) is 0.862. The minimum absolute atomic E-state index is 0.459. The zero-order chi connectivity index (χ0) is 15.2. The molecule has 0 unspecified atom stereocenters. The fourth-order valence-electron chi connectivity index (χ4n) is 2.86. The van der Waals surface area contributed by atoms with Gasteiger partial charge < -0.3 is 4.74 Å². The third-order valence-corrected chi connectivity index (χ3v) is 3.89. The van der Waals surface area contributed by atoms with E-state index < -0.39 is 0 Å². The first-order valence-electron chi connectivity index (χ1n) is 7.77. The Kier molecular flexibility index (Phi) is 5.08. The van der Waals surface area contributed by atoms with Crippen LogP contribution in [0, 0.1) is 12.8 Å². The maximum Gasteiger partial charge on any atom is 0.115 e. The van der Waals surface area contributed by atoms with Crippen LogP contribution in [0.5, 0.6) is 0 Å². The molecule has 1 aliphatic heterocycles. The summed E-state index contributed by atoms with van der Waals surface area (Å²) in [6.07, 6.45) is 4.43. The molecular weight excluding hydrogens is 276 g/mol. The minimum atomic E-state index is 0.459. The minimum Gasteiger partial charge on any atom is -0.380 e. The molecule has 0 spiro atoms. The van der Waals surface area contributed by atoms with Crippen LogP contribution in [0.25, 0.3) is 0 Å². The summed E-state index contributed by atoms with van der Waals surface area (Å²) in [4.78, 5) is 15.4. The van der Waals surface area contributed by atoms with Crippen LogP contribution in [0.3, 0.4) is 0 Å². The van der Waals surface area contributed by atoms with Crippen molar-refractivity contribution in [2.45, 2.75) is 19.9 Å². The van der Waals surface area contributed by atoms with Gasteiger partial charge in [0.05, 0.1) is 18.9 Å². The van der Waals surface area contributed by atoms with Gasteiger partial charge in [-0.25, -0.2) is 9.97 Å². The number of ether oxygens (including phenoxy) is 1. The number of hydrogen-bond donors (Lipinski definition) is 0. The Balaban J connectivity index is 1.62. The average Bonchev–Trinajstić information content (AvgIpc) is 2.73. The van der Waals surface area contributed by atoms with Gasteiger partial charge in [0.2, 0.25) is 0 Å². The molecule has 0 bridgehead atoms. The summed E-state index contributed by atoms with van der Waals surface area (Å²) in [5.41, 5.74) is 3.23. The van der Waals surface area contributed by atoms with Crippen LogP contribution >= 0.6 is 0 Å². The van der Waals surface area contributed by atoms with Gasteiger partial charge in [-0.3, -0.25) is 9.88 Å². The number of hydrogen-bond acceptors (Lipinski definition) is 5. The van der Waals surface area contributed by atoms with Crippen molar-refractivity contribution in [1.82, 2.24) is 19.9 Å². The smallest absolute Gasteiger partial charge is 0.115 e. The molecule has 22 heavy (non-hydrogen) atoms. The molecule has 3 heterocycles. The second kappa shape index (κ2) is 7.42. The van der Waals surface area contributed by atoms with Crippen LogP contribution < -0.4 is 0 Å². The van der Waals surface area contributed by atoms with Gasteiger partial charge in [-0.05, 0) is 31.5 Å². The number of aromatic nitrogens is 3. The lowest BCUT2D eigenvalue weighted by atomic mass is 10.0. The molecule has 1 atom stereocenters. The Morgan fingerprint density at radius 3 is 3.00 bits per heavy atom. The van der Waals surface area contributed by atoms with Crippen LogP contribution in [0.1, 0.15) is 17.1 Å². The average molecular weight is 298 g/mol. The maximum absolute atomic E-state index is 5.77. The van der Waals surface area contributed by atoms with Gasteiger partial charge in [0.25, 0.3) is 0 Å². The Hall–Kier alpha value is -1.85. The Morgan fingerprint density at radius 1 is 1.23 bits per heavy atom. The fourth-order valence-corrected chi connectivity index (χ4v) is 2.86. The van der Waals surface area contributed by atoms with Crippen molar-refractivity contribution >= 4 is 0 Å². The van der Waals surface area contributed by atoms with E-state index in [-0.39, 0.29) is 0 Å². The van der Waals surface area contributed by atoms with E-state index in [1.165, 1.54) is 0 Å². The molecule has 0 amide bonds. The van der Waals surface area contributed by atoms with Crippen molar-refractivity contribution < 1.29 is 4.74 Å². The molecule has 0 aromatic carbocycles. The van der Waals surface area contributed by atoms with Crippen LogP contribution in [0.15, 0.2) is 36.8 Å². The molecule has 3 rings (SSSR count). The number of aryl methyl sites for hydroxylation is 1. The summed E-state index contributed by atoms with van der Waals surface area (Å²) in [5.74, 6) is 0.459. The molecule has 0 saturated carbocycles. The highest BCUT2D eigenvalue weighted by atomic mass is 16.5. The third-order valence-electron chi connectivity index (χ3n) is 3.89. The topological polar surface area (TPSA) is 51.1 Å². The molecule has 1 fully saturated rings. The molecule has 1 saturated heterocycles. The number of rotatable bonds is 4.